The van der Waals surface area contributed by atoms with Crippen LogP contribution in [0, 0.1) is 13.8 Å². The average molecular weight is 275 g/mol. The van der Waals surface area contributed by atoms with E-state index in [1.807, 2.05) is 0 Å². The molecule has 1 aliphatic heterocycles. The van der Waals surface area contributed by atoms with Gasteiger partial charge in [-0.3, -0.25) is 0 Å². The van der Waals surface area contributed by atoms with Crippen molar-refractivity contribution in [3.05, 3.63) is 22.9 Å². The molecule has 2 heterocycles. The summed E-state index contributed by atoms with van der Waals surface area (Å²) in [6.45, 7) is 13.1. The lowest BCUT2D eigenvalue weighted by Gasteiger charge is -2.28. The van der Waals surface area contributed by atoms with E-state index in [-0.39, 0.29) is 0 Å². The zero-order valence-corrected chi connectivity index (χ0v) is 13.7. The molecule has 3 heteroatoms. The van der Waals surface area contributed by atoms with Crippen molar-refractivity contribution in [2.24, 2.45) is 0 Å². The van der Waals surface area contributed by atoms with E-state index in [1.54, 1.807) is 0 Å². The molecule has 1 N–H and O–H groups in total. The van der Waals surface area contributed by atoms with E-state index in [2.05, 4.69) is 50.9 Å². The minimum atomic E-state index is 0.504. The number of hydrogen-bond donors (Lipinski definition) is 1. The first-order valence-electron chi connectivity index (χ1n) is 8.00. The molecule has 1 aliphatic rings. The van der Waals surface area contributed by atoms with Gasteiger partial charge in [-0.2, -0.15) is 0 Å². The van der Waals surface area contributed by atoms with Crippen LogP contribution in [-0.2, 0) is 6.54 Å². The summed E-state index contributed by atoms with van der Waals surface area (Å²) in [5.74, 6) is 1.22. The largest absolute Gasteiger partial charge is 0.353 e. The second-order valence-corrected chi connectivity index (χ2v) is 6.32. The van der Waals surface area contributed by atoms with Gasteiger partial charge in [0.25, 0.3) is 0 Å². The average Bonchev–Trinajstić information content (AvgIpc) is 2.84. The number of anilines is 1. The van der Waals surface area contributed by atoms with Gasteiger partial charge in [-0.05, 0) is 44.7 Å². The number of nitrogens with one attached hydrogen (secondary N) is 1. The van der Waals surface area contributed by atoms with Gasteiger partial charge < -0.3 is 10.2 Å². The Bertz CT molecular complexity index is 454. The van der Waals surface area contributed by atoms with Crippen molar-refractivity contribution in [1.82, 2.24) is 10.3 Å². The van der Waals surface area contributed by atoms with Crippen LogP contribution in [0.2, 0.25) is 0 Å². The molecule has 3 nitrogen and oxygen atoms in total. The van der Waals surface area contributed by atoms with E-state index in [9.17, 15) is 0 Å². The number of aromatic nitrogens is 1. The van der Waals surface area contributed by atoms with E-state index >= 15 is 0 Å². The van der Waals surface area contributed by atoms with Gasteiger partial charge in [-0.1, -0.05) is 20.8 Å². The Balaban J connectivity index is 2.34. The van der Waals surface area contributed by atoms with Crippen molar-refractivity contribution in [3.63, 3.8) is 0 Å². The van der Waals surface area contributed by atoms with Gasteiger partial charge in [0.1, 0.15) is 5.82 Å². The van der Waals surface area contributed by atoms with Crippen molar-refractivity contribution in [2.45, 2.75) is 72.5 Å². The Morgan fingerprint density at radius 3 is 2.80 bits per heavy atom. The van der Waals surface area contributed by atoms with E-state index in [0.29, 0.717) is 12.1 Å². The van der Waals surface area contributed by atoms with Crippen LogP contribution in [0.15, 0.2) is 6.07 Å². The zero-order valence-electron chi connectivity index (χ0n) is 13.7. The van der Waals surface area contributed by atoms with E-state index in [4.69, 9.17) is 4.98 Å². The second kappa shape index (κ2) is 6.57. The maximum absolute atomic E-state index is 4.88. The SMILES string of the molecule is CCC1CCCN1c1nc(C)cc(C)c1CNC(C)C. The van der Waals surface area contributed by atoms with Crippen molar-refractivity contribution < 1.29 is 0 Å². The molecule has 112 valence electrons. The Hall–Kier alpha value is -1.09. The van der Waals surface area contributed by atoms with Crippen LogP contribution in [-0.4, -0.2) is 23.6 Å². The molecular formula is C17H29N3. The summed E-state index contributed by atoms with van der Waals surface area (Å²) < 4.78 is 0. The second-order valence-electron chi connectivity index (χ2n) is 6.32. The van der Waals surface area contributed by atoms with Crippen LogP contribution in [0.3, 0.4) is 0 Å². The smallest absolute Gasteiger partial charge is 0.133 e. The molecule has 0 bridgehead atoms. The molecule has 1 atom stereocenters. The number of pyridine rings is 1. The standard InChI is InChI=1S/C17H29N3/c1-6-15-8-7-9-20(15)17-16(11-18-12(2)3)13(4)10-14(5)19-17/h10,12,15,18H,6-9,11H2,1-5H3. The van der Waals surface area contributed by atoms with Gasteiger partial charge in [-0.15, -0.1) is 0 Å². The number of hydrogen-bond acceptors (Lipinski definition) is 3. The maximum atomic E-state index is 4.88. The Labute approximate surface area is 123 Å². The van der Waals surface area contributed by atoms with Crippen LogP contribution >= 0.6 is 0 Å². The van der Waals surface area contributed by atoms with E-state index in [0.717, 1.165) is 18.8 Å². The monoisotopic (exact) mass is 275 g/mol. The van der Waals surface area contributed by atoms with Crippen LogP contribution in [0.5, 0.6) is 0 Å². The van der Waals surface area contributed by atoms with Gasteiger partial charge in [0.05, 0.1) is 0 Å². The normalized spacial score (nSPS) is 19.1. The molecule has 1 aromatic rings. The minimum Gasteiger partial charge on any atom is -0.353 e. The van der Waals surface area contributed by atoms with Crippen LogP contribution in [0.25, 0.3) is 0 Å². The molecule has 1 unspecified atom stereocenters. The van der Waals surface area contributed by atoms with Crippen molar-refractivity contribution >= 4 is 5.82 Å². The summed E-state index contributed by atoms with van der Waals surface area (Å²) >= 11 is 0. The van der Waals surface area contributed by atoms with Crippen molar-refractivity contribution in [2.75, 3.05) is 11.4 Å². The summed E-state index contributed by atoms with van der Waals surface area (Å²) in [5.41, 5.74) is 3.87. The maximum Gasteiger partial charge on any atom is 0.133 e. The Morgan fingerprint density at radius 1 is 1.40 bits per heavy atom. The first-order chi connectivity index (χ1) is 9.52. The van der Waals surface area contributed by atoms with Gasteiger partial charge in [-0.25, -0.2) is 4.98 Å². The molecule has 0 radical (unpaired) electrons. The highest BCUT2D eigenvalue weighted by atomic mass is 15.2. The number of nitrogens with zero attached hydrogens (tertiary/aromatic N) is 2. The summed E-state index contributed by atoms with van der Waals surface area (Å²) in [4.78, 5) is 7.42. The van der Waals surface area contributed by atoms with Crippen molar-refractivity contribution in [1.29, 1.82) is 0 Å². The van der Waals surface area contributed by atoms with Crippen LogP contribution in [0.4, 0.5) is 5.82 Å². The van der Waals surface area contributed by atoms with E-state index < -0.39 is 0 Å². The predicted molar refractivity (Wildman–Crippen MR) is 86.3 cm³/mol. The minimum absolute atomic E-state index is 0.504. The number of aryl methyl sites for hydroxylation is 2. The lowest BCUT2D eigenvalue weighted by molar-refractivity contribution is 0.581. The summed E-state index contributed by atoms with van der Waals surface area (Å²) in [6, 6.07) is 3.38. The van der Waals surface area contributed by atoms with Crippen LogP contribution < -0.4 is 10.2 Å². The highest BCUT2D eigenvalue weighted by Gasteiger charge is 2.26. The first kappa shape index (κ1) is 15.3. The molecule has 0 amide bonds. The van der Waals surface area contributed by atoms with Gasteiger partial charge in [0.2, 0.25) is 0 Å². The fourth-order valence-corrected chi connectivity index (χ4v) is 3.14. The van der Waals surface area contributed by atoms with Gasteiger partial charge in [0.15, 0.2) is 0 Å². The third-order valence-electron chi connectivity index (χ3n) is 4.26. The van der Waals surface area contributed by atoms with Gasteiger partial charge >= 0.3 is 0 Å². The molecule has 1 fully saturated rings. The van der Waals surface area contributed by atoms with Crippen molar-refractivity contribution in [3.8, 4) is 0 Å². The topological polar surface area (TPSA) is 28.2 Å². The third-order valence-corrected chi connectivity index (χ3v) is 4.26. The molecule has 1 aromatic heterocycles. The fourth-order valence-electron chi connectivity index (χ4n) is 3.14. The predicted octanol–water partition coefficient (Wildman–Crippen LogP) is 3.58. The quantitative estimate of drug-likeness (QED) is 0.890. The molecule has 0 aliphatic carbocycles. The summed E-state index contributed by atoms with van der Waals surface area (Å²) in [7, 11) is 0. The third kappa shape index (κ3) is 3.32. The molecule has 1 saturated heterocycles. The lowest BCUT2D eigenvalue weighted by Crippen LogP contribution is -2.32. The molecule has 20 heavy (non-hydrogen) atoms. The Kier molecular flexibility index (Phi) is 5.03. The molecule has 0 aromatic carbocycles. The zero-order chi connectivity index (χ0) is 14.7. The number of rotatable bonds is 5. The molecular weight excluding hydrogens is 246 g/mol. The van der Waals surface area contributed by atoms with E-state index in [1.165, 1.54) is 36.2 Å². The summed E-state index contributed by atoms with van der Waals surface area (Å²) in [5, 5.41) is 3.55. The first-order valence-corrected chi connectivity index (χ1v) is 8.00. The highest BCUT2D eigenvalue weighted by molar-refractivity contribution is 5.53. The fraction of sp³-hybridized carbons (Fsp3) is 0.706. The Morgan fingerprint density at radius 2 is 2.15 bits per heavy atom. The van der Waals surface area contributed by atoms with Gasteiger partial charge in [0, 0.05) is 36.4 Å². The molecule has 2 rings (SSSR count). The highest BCUT2D eigenvalue weighted by Crippen LogP contribution is 2.30. The summed E-state index contributed by atoms with van der Waals surface area (Å²) in [6.07, 6.45) is 3.82. The molecule has 0 spiro atoms. The lowest BCUT2D eigenvalue weighted by atomic mass is 10.1. The molecule has 0 saturated carbocycles. The van der Waals surface area contributed by atoms with Crippen LogP contribution in [0.1, 0.15) is 56.9 Å².